The van der Waals surface area contributed by atoms with Crippen LogP contribution in [0.15, 0.2) is 12.4 Å². The number of carbonyl (C=O) groups excluding carboxylic acids is 1. The summed E-state index contributed by atoms with van der Waals surface area (Å²) in [5.41, 5.74) is 0.303. The van der Waals surface area contributed by atoms with Gasteiger partial charge in [0, 0.05) is 6.04 Å². The SMILES string of the molecule is CN1CCCC1COc1cncc(C=O)n1. The van der Waals surface area contributed by atoms with E-state index in [2.05, 4.69) is 21.9 Å². The number of likely N-dealkylation sites (tertiary alicyclic amines) is 1. The van der Waals surface area contributed by atoms with E-state index in [0.29, 0.717) is 30.5 Å². The molecule has 1 aromatic heterocycles. The van der Waals surface area contributed by atoms with Gasteiger partial charge in [0.15, 0.2) is 6.29 Å². The standard InChI is InChI=1S/C11H15N3O2/c1-14-4-2-3-10(14)8-16-11-6-12-5-9(7-15)13-11/h5-7,10H,2-4,8H2,1H3. The Morgan fingerprint density at radius 2 is 2.50 bits per heavy atom. The van der Waals surface area contributed by atoms with Crippen LogP contribution in [0, 0.1) is 0 Å². The van der Waals surface area contributed by atoms with Gasteiger partial charge in [-0.25, -0.2) is 4.98 Å². The van der Waals surface area contributed by atoms with Gasteiger partial charge in [-0.3, -0.25) is 9.78 Å². The summed E-state index contributed by atoms with van der Waals surface area (Å²) in [5, 5.41) is 0. The van der Waals surface area contributed by atoms with Crippen molar-refractivity contribution in [2.24, 2.45) is 0 Å². The molecule has 2 heterocycles. The highest BCUT2D eigenvalue weighted by Gasteiger charge is 2.21. The number of rotatable bonds is 4. The molecule has 86 valence electrons. The molecule has 0 aliphatic carbocycles. The predicted octanol–water partition coefficient (Wildman–Crippen LogP) is 0.762. The van der Waals surface area contributed by atoms with Gasteiger partial charge < -0.3 is 9.64 Å². The molecule has 1 aliphatic heterocycles. The molecule has 5 nitrogen and oxygen atoms in total. The first kappa shape index (κ1) is 11.0. The zero-order valence-corrected chi connectivity index (χ0v) is 9.30. The van der Waals surface area contributed by atoms with Crippen molar-refractivity contribution in [3.8, 4) is 5.88 Å². The quantitative estimate of drug-likeness (QED) is 0.703. The number of likely N-dealkylation sites (N-methyl/N-ethyl adjacent to an activating group) is 1. The Morgan fingerprint density at radius 3 is 3.19 bits per heavy atom. The second kappa shape index (κ2) is 5.03. The van der Waals surface area contributed by atoms with Crippen LogP contribution in [0.1, 0.15) is 23.3 Å². The Kier molecular flexibility index (Phi) is 3.46. The zero-order valence-electron chi connectivity index (χ0n) is 9.30. The van der Waals surface area contributed by atoms with Gasteiger partial charge in [0.05, 0.1) is 12.4 Å². The predicted molar refractivity (Wildman–Crippen MR) is 58.6 cm³/mol. The van der Waals surface area contributed by atoms with Crippen molar-refractivity contribution in [2.45, 2.75) is 18.9 Å². The van der Waals surface area contributed by atoms with Gasteiger partial charge in [0.2, 0.25) is 5.88 Å². The molecule has 0 radical (unpaired) electrons. The fraction of sp³-hybridized carbons (Fsp3) is 0.545. The first-order valence-electron chi connectivity index (χ1n) is 5.40. The molecule has 1 aliphatic rings. The Balaban J connectivity index is 1.91. The van der Waals surface area contributed by atoms with Crippen LogP contribution in [0.2, 0.25) is 0 Å². The largest absolute Gasteiger partial charge is 0.475 e. The van der Waals surface area contributed by atoms with Crippen LogP contribution < -0.4 is 4.74 Å². The van der Waals surface area contributed by atoms with Crippen molar-refractivity contribution in [3.05, 3.63) is 18.1 Å². The van der Waals surface area contributed by atoms with Crippen LogP contribution in [0.4, 0.5) is 0 Å². The highest BCUT2D eigenvalue weighted by Crippen LogP contribution is 2.15. The number of aldehydes is 1. The number of ether oxygens (including phenoxy) is 1. The average Bonchev–Trinajstić information content (AvgIpc) is 2.72. The summed E-state index contributed by atoms with van der Waals surface area (Å²) >= 11 is 0. The normalized spacial score (nSPS) is 20.9. The molecule has 1 aromatic rings. The molecular formula is C11H15N3O2. The van der Waals surface area contributed by atoms with Crippen LogP contribution in [0.5, 0.6) is 5.88 Å². The third-order valence-corrected chi connectivity index (χ3v) is 2.85. The Morgan fingerprint density at radius 1 is 1.62 bits per heavy atom. The van der Waals surface area contributed by atoms with Crippen molar-refractivity contribution in [2.75, 3.05) is 20.2 Å². The average molecular weight is 221 g/mol. The van der Waals surface area contributed by atoms with E-state index in [9.17, 15) is 4.79 Å². The van der Waals surface area contributed by atoms with Gasteiger partial charge in [0.25, 0.3) is 0 Å². The second-order valence-electron chi connectivity index (χ2n) is 3.99. The van der Waals surface area contributed by atoms with Crippen molar-refractivity contribution in [1.29, 1.82) is 0 Å². The van der Waals surface area contributed by atoms with Gasteiger partial charge in [-0.1, -0.05) is 0 Å². The van der Waals surface area contributed by atoms with E-state index in [-0.39, 0.29) is 0 Å². The van der Waals surface area contributed by atoms with Crippen LogP contribution in [-0.4, -0.2) is 47.4 Å². The van der Waals surface area contributed by atoms with E-state index in [1.165, 1.54) is 18.8 Å². The molecule has 5 heteroatoms. The van der Waals surface area contributed by atoms with Gasteiger partial charge in [-0.15, -0.1) is 0 Å². The summed E-state index contributed by atoms with van der Waals surface area (Å²) in [7, 11) is 2.09. The summed E-state index contributed by atoms with van der Waals surface area (Å²) in [6, 6.07) is 0.446. The first-order valence-corrected chi connectivity index (χ1v) is 5.40. The Hall–Kier alpha value is -1.49. The van der Waals surface area contributed by atoms with Gasteiger partial charge >= 0.3 is 0 Å². The lowest BCUT2D eigenvalue weighted by atomic mass is 10.2. The molecule has 0 saturated carbocycles. The zero-order chi connectivity index (χ0) is 11.4. The monoisotopic (exact) mass is 221 g/mol. The molecule has 1 fully saturated rings. The number of hydrogen-bond donors (Lipinski definition) is 0. The van der Waals surface area contributed by atoms with Gasteiger partial charge in [-0.05, 0) is 26.4 Å². The molecule has 16 heavy (non-hydrogen) atoms. The lowest BCUT2D eigenvalue weighted by Gasteiger charge is -2.19. The van der Waals surface area contributed by atoms with Crippen LogP contribution >= 0.6 is 0 Å². The van der Waals surface area contributed by atoms with Crippen molar-refractivity contribution >= 4 is 6.29 Å². The molecule has 0 N–H and O–H groups in total. The summed E-state index contributed by atoms with van der Waals surface area (Å²) in [5.74, 6) is 0.421. The minimum Gasteiger partial charge on any atom is -0.475 e. The fourth-order valence-electron chi connectivity index (χ4n) is 1.86. The lowest BCUT2D eigenvalue weighted by molar-refractivity contribution is 0.111. The molecule has 1 unspecified atom stereocenters. The van der Waals surface area contributed by atoms with Crippen molar-refractivity contribution in [1.82, 2.24) is 14.9 Å². The molecule has 1 saturated heterocycles. The second-order valence-corrected chi connectivity index (χ2v) is 3.99. The lowest BCUT2D eigenvalue weighted by Crippen LogP contribution is -2.30. The molecular weight excluding hydrogens is 206 g/mol. The van der Waals surface area contributed by atoms with Crippen LogP contribution in [0.25, 0.3) is 0 Å². The maximum absolute atomic E-state index is 10.5. The van der Waals surface area contributed by atoms with Crippen molar-refractivity contribution < 1.29 is 9.53 Å². The van der Waals surface area contributed by atoms with Crippen LogP contribution in [-0.2, 0) is 0 Å². The minimum atomic E-state index is 0.303. The summed E-state index contributed by atoms with van der Waals surface area (Å²) in [6.07, 6.45) is 5.98. The van der Waals surface area contributed by atoms with E-state index in [0.717, 1.165) is 13.0 Å². The Labute approximate surface area is 94.5 Å². The van der Waals surface area contributed by atoms with Gasteiger partial charge in [0.1, 0.15) is 12.3 Å². The highest BCUT2D eigenvalue weighted by atomic mass is 16.5. The third kappa shape index (κ3) is 2.55. The summed E-state index contributed by atoms with van der Waals surface area (Å²) in [4.78, 5) is 20.7. The number of nitrogens with zero attached hydrogens (tertiary/aromatic N) is 3. The minimum absolute atomic E-state index is 0.303. The van der Waals surface area contributed by atoms with Gasteiger partial charge in [-0.2, -0.15) is 0 Å². The third-order valence-electron chi connectivity index (χ3n) is 2.85. The molecule has 0 amide bonds. The summed E-state index contributed by atoms with van der Waals surface area (Å²) in [6.45, 7) is 1.72. The maximum atomic E-state index is 10.5. The van der Waals surface area contributed by atoms with Crippen molar-refractivity contribution in [3.63, 3.8) is 0 Å². The van der Waals surface area contributed by atoms with Crippen LogP contribution in [0.3, 0.4) is 0 Å². The number of carbonyl (C=O) groups is 1. The van der Waals surface area contributed by atoms with E-state index in [1.54, 1.807) is 0 Å². The smallest absolute Gasteiger partial charge is 0.233 e. The number of hydrogen-bond acceptors (Lipinski definition) is 5. The molecule has 0 spiro atoms. The van der Waals surface area contributed by atoms with E-state index < -0.39 is 0 Å². The molecule has 0 aromatic carbocycles. The fourth-order valence-corrected chi connectivity index (χ4v) is 1.86. The maximum Gasteiger partial charge on any atom is 0.233 e. The first-order chi connectivity index (χ1) is 7.79. The molecule has 2 rings (SSSR count). The van der Waals surface area contributed by atoms with E-state index >= 15 is 0 Å². The van der Waals surface area contributed by atoms with E-state index in [4.69, 9.17) is 4.74 Å². The molecule has 0 bridgehead atoms. The molecule has 1 atom stereocenters. The van der Waals surface area contributed by atoms with E-state index in [1.807, 2.05) is 0 Å². The number of aromatic nitrogens is 2. The topological polar surface area (TPSA) is 55.3 Å². The highest BCUT2D eigenvalue weighted by molar-refractivity contribution is 5.71. The summed E-state index contributed by atoms with van der Waals surface area (Å²) < 4.78 is 5.53. The Bertz CT molecular complexity index is 370.